The van der Waals surface area contributed by atoms with E-state index in [1.54, 1.807) is 4.90 Å². The van der Waals surface area contributed by atoms with Crippen LogP contribution in [0.1, 0.15) is 19.3 Å². The minimum absolute atomic E-state index is 0.0322. The van der Waals surface area contributed by atoms with Gasteiger partial charge >= 0.3 is 6.03 Å². The topological polar surface area (TPSA) is 52.7 Å². The highest BCUT2D eigenvalue weighted by Crippen LogP contribution is 2.21. The quantitative estimate of drug-likeness (QED) is 0.889. The van der Waals surface area contributed by atoms with Crippen molar-refractivity contribution in [2.24, 2.45) is 0 Å². The molecule has 0 radical (unpaired) electrons. The lowest BCUT2D eigenvalue weighted by molar-refractivity contribution is -0.117. The summed E-state index contributed by atoms with van der Waals surface area (Å²) in [4.78, 5) is 27.7. The van der Waals surface area contributed by atoms with Gasteiger partial charge in [0.25, 0.3) is 0 Å². The first-order valence-corrected chi connectivity index (χ1v) is 7.15. The Kier molecular flexibility index (Phi) is 3.58. The molecule has 0 spiro atoms. The van der Waals surface area contributed by atoms with Gasteiger partial charge in [0.2, 0.25) is 5.91 Å². The molecule has 20 heavy (non-hydrogen) atoms. The number of nitrogens with one attached hydrogen (secondary N) is 1. The van der Waals surface area contributed by atoms with Gasteiger partial charge in [0.1, 0.15) is 0 Å². The standard InChI is InChI=1S/C15H19N3O2/c19-14-10-12(16-15(20)17-8-4-5-9-17)11-18(14)13-6-2-1-3-7-13/h1-3,6-7,12H,4-5,8-11H2,(H,16,20). The molecule has 1 N–H and O–H groups in total. The zero-order valence-electron chi connectivity index (χ0n) is 11.4. The summed E-state index contributed by atoms with van der Waals surface area (Å²) < 4.78 is 0. The molecule has 0 aliphatic carbocycles. The second-order valence-electron chi connectivity index (χ2n) is 5.38. The Balaban J connectivity index is 1.60. The number of anilines is 1. The monoisotopic (exact) mass is 273 g/mol. The van der Waals surface area contributed by atoms with Crippen LogP contribution in [-0.2, 0) is 4.79 Å². The van der Waals surface area contributed by atoms with E-state index in [2.05, 4.69) is 5.32 Å². The van der Waals surface area contributed by atoms with Gasteiger partial charge in [0, 0.05) is 31.7 Å². The highest BCUT2D eigenvalue weighted by atomic mass is 16.2. The van der Waals surface area contributed by atoms with Gasteiger partial charge in [-0.25, -0.2) is 4.79 Å². The molecule has 5 nitrogen and oxygen atoms in total. The lowest BCUT2D eigenvalue weighted by atomic mass is 10.2. The van der Waals surface area contributed by atoms with Crippen LogP contribution in [0.2, 0.25) is 0 Å². The van der Waals surface area contributed by atoms with E-state index >= 15 is 0 Å². The Morgan fingerprint density at radius 2 is 1.85 bits per heavy atom. The van der Waals surface area contributed by atoms with Gasteiger partial charge in [-0.2, -0.15) is 0 Å². The van der Waals surface area contributed by atoms with Crippen molar-refractivity contribution in [2.45, 2.75) is 25.3 Å². The zero-order valence-corrected chi connectivity index (χ0v) is 11.4. The summed E-state index contributed by atoms with van der Waals surface area (Å²) in [6.45, 7) is 2.21. The van der Waals surface area contributed by atoms with Crippen molar-refractivity contribution in [1.29, 1.82) is 0 Å². The van der Waals surface area contributed by atoms with Crippen LogP contribution in [0.5, 0.6) is 0 Å². The second kappa shape index (κ2) is 5.53. The van der Waals surface area contributed by atoms with Crippen molar-refractivity contribution in [3.05, 3.63) is 30.3 Å². The molecule has 3 amide bonds. The SMILES string of the molecule is O=C(NC1CC(=O)N(c2ccccc2)C1)N1CCCC1. The molecule has 3 rings (SSSR count). The number of amides is 3. The van der Waals surface area contributed by atoms with Crippen LogP contribution >= 0.6 is 0 Å². The molecule has 1 aromatic carbocycles. The van der Waals surface area contributed by atoms with Gasteiger partial charge in [-0.1, -0.05) is 18.2 Å². The average molecular weight is 273 g/mol. The predicted octanol–water partition coefficient (Wildman–Crippen LogP) is 1.60. The minimum Gasteiger partial charge on any atom is -0.333 e. The van der Waals surface area contributed by atoms with Crippen LogP contribution in [0.25, 0.3) is 0 Å². The van der Waals surface area contributed by atoms with Crippen molar-refractivity contribution in [3.63, 3.8) is 0 Å². The van der Waals surface area contributed by atoms with Gasteiger partial charge in [-0.05, 0) is 25.0 Å². The molecule has 2 saturated heterocycles. The van der Waals surface area contributed by atoms with Crippen LogP contribution in [-0.4, -0.2) is 42.5 Å². The fraction of sp³-hybridized carbons (Fsp3) is 0.467. The maximum absolute atomic E-state index is 12.0. The van der Waals surface area contributed by atoms with Crippen LogP contribution in [0.15, 0.2) is 30.3 Å². The third kappa shape index (κ3) is 2.61. The zero-order chi connectivity index (χ0) is 13.9. The maximum Gasteiger partial charge on any atom is 0.317 e. The molecule has 0 aromatic heterocycles. The summed E-state index contributed by atoms with van der Waals surface area (Å²) in [7, 11) is 0. The number of hydrogen-bond donors (Lipinski definition) is 1. The van der Waals surface area contributed by atoms with E-state index in [-0.39, 0.29) is 18.0 Å². The Bertz CT molecular complexity index is 497. The molecular weight excluding hydrogens is 254 g/mol. The minimum atomic E-state index is -0.0872. The Morgan fingerprint density at radius 1 is 1.15 bits per heavy atom. The first-order chi connectivity index (χ1) is 9.74. The molecule has 1 aromatic rings. The summed E-state index contributed by atoms with van der Waals surface area (Å²) in [6, 6.07) is 9.48. The third-order valence-corrected chi connectivity index (χ3v) is 3.91. The molecule has 2 fully saturated rings. The van der Waals surface area contributed by atoms with Crippen LogP contribution in [0.4, 0.5) is 10.5 Å². The van der Waals surface area contributed by atoms with Crippen molar-refractivity contribution in [1.82, 2.24) is 10.2 Å². The Hall–Kier alpha value is -2.04. The normalized spacial score (nSPS) is 22.4. The largest absolute Gasteiger partial charge is 0.333 e. The fourth-order valence-electron chi connectivity index (χ4n) is 2.85. The number of rotatable bonds is 2. The number of benzene rings is 1. The Labute approximate surface area is 118 Å². The summed E-state index contributed by atoms with van der Waals surface area (Å²) in [6.07, 6.45) is 2.54. The number of para-hydroxylation sites is 1. The van der Waals surface area contributed by atoms with Gasteiger partial charge in [0.15, 0.2) is 0 Å². The van der Waals surface area contributed by atoms with Gasteiger partial charge in [-0.15, -0.1) is 0 Å². The van der Waals surface area contributed by atoms with Crippen molar-refractivity contribution >= 4 is 17.6 Å². The smallest absolute Gasteiger partial charge is 0.317 e. The highest BCUT2D eigenvalue weighted by molar-refractivity contribution is 5.96. The second-order valence-corrected chi connectivity index (χ2v) is 5.38. The fourth-order valence-corrected chi connectivity index (χ4v) is 2.85. The van der Waals surface area contributed by atoms with E-state index in [0.29, 0.717) is 13.0 Å². The van der Waals surface area contributed by atoms with Gasteiger partial charge in [-0.3, -0.25) is 4.79 Å². The molecule has 0 saturated carbocycles. The van der Waals surface area contributed by atoms with Crippen LogP contribution in [0, 0.1) is 0 Å². The van der Waals surface area contributed by atoms with Gasteiger partial charge < -0.3 is 15.1 Å². The predicted molar refractivity (Wildman–Crippen MR) is 76.5 cm³/mol. The molecule has 2 aliphatic rings. The summed E-state index contributed by atoms with van der Waals surface area (Å²) >= 11 is 0. The molecule has 2 heterocycles. The number of likely N-dealkylation sites (tertiary alicyclic amines) is 1. The number of nitrogens with zero attached hydrogens (tertiary/aromatic N) is 2. The van der Waals surface area contributed by atoms with Crippen LogP contribution < -0.4 is 10.2 Å². The lowest BCUT2D eigenvalue weighted by Gasteiger charge is -2.20. The van der Waals surface area contributed by atoms with Crippen molar-refractivity contribution in [3.8, 4) is 0 Å². The molecule has 2 aliphatic heterocycles. The summed E-state index contributed by atoms with van der Waals surface area (Å²) in [5.74, 6) is 0.0721. The average Bonchev–Trinajstić information content (AvgIpc) is 3.09. The van der Waals surface area contributed by atoms with Crippen molar-refractivity contribution in [2.75, 3.05) is 24.5 Å². The molecule has 1 unspecified atom stereocenters. The first-order valence-electron chi connectivity index (χ1n) is 7.15. The van der Waals surface area contributed by atoms with E-state index < -0.39 is 0 Å². The molecule has 5 heteroatoms. The molecular formula is C15H19N3O2. The molecule has 106 valence electrons. The van der Waals surface area contributed by atoms with E-state index in [1.807, 2.05) is 35.2 Å². The summed E-state index contributed by atoms with van der Waals surface area (Å²) in [5, 5.41) is 2.98. The van der Waals surface area contributed by atoms with Gasteiger partial charge in [0.05, 0.1) is 6.04 Å². The number of carbonyl (C=O) groups excluding carboxylic acids is 2. The number of hydrogen-bond acceptors (Lipinski definition) is 2. The third-order valence-electron chi connectivity index (χ3n) is 3.91. The molecule has 1 atom stereocenters. The van der Waals surface area contributed by atoms with E-state index in [0.717, 1.165) is 31.6 Å². The van der Waals surface area contributed by atoms with E-state index in [1.165, 1.54) is 0 Å². The van der Waals surface area contributed by atoms with Crippen molar-refractivity contribution < 1.29 is 9.59 Å². The Morgan fingerprint density at radius 3 is 2.55 bits per heavy atom. The summed E-state index contributed by atoms with van der Waals surface area (Å²) in [5.41, 5.74) is 0.899. The van der Waals surface area contributed by atoms with Crippen LogP contribution in [0.3, 0.4) is 0 Å². The first kappa shape index (κ1) is 13.0. The van der Waals surface area contributed by atoms with E-state index in [4.69, 9.17) is 0 Å². The maximum atomic E-state index is 12.0. The lowest BCUT2D eigenvalue weighted by Crippen LogP contribution is -2.44. The van der Waals surface area contributed by atoms with E-state index in [9.17, 15) is 9.59 Å². The molecule has 0 bridgehead atoms. The number of carbonyl (C=O) groups is 2. The number of urea groups is 1. The highest BCUT2D eigenvalue weighted by Gasteiger charge is 2.32.